The summed E-state index contributed by atoms with van der Waals surface area (Å²) in [7, 11) is 0. The van der Waals surface area contributed by atoms with Crippen molar-refractivity contribution in [1.82, 2.24) is 9.97 Å². The van der Waals surface area contributed by atoms with Gasteiger partial charge in [0.05, 0.1) is 16.9 Å². The Morgan fingerprint density at radius 3 is 2.43 bits per heavy atom. The summed E-state index contributed by atoms with van der Waals surface area (Å²) in [6, 6.07) is 12.5. The maximum absolute atomic E-state index is 14.3. The summed E-state index contributed by atoms with van der Waals surface area (Å²) >= 11 is 0. The number of primary amides is 1. The summed E-state index contributed by atoms with van der Waals surface area (Å²) in [5.41, 5.74) is 16.9. The van der Waals surface area contributed by atoms with Crippen LogP contribution in [0.4, 0.5) is 14.5 Å². The molecule has 0 radical (unpaired) electrons. The highest BCUT2D eigenvalue weighted by molar-refractivity contribution is 5.99. The van der Waals surface area contributed by atoms with E-state index in [0.29, 0.717) is 27.9 Å². The van der Waals surface area contributed by atoms with E-state index in [1.165, 1.54) is 24.3 Å². The number of carbonyl (C=O) groups excluding carboxylic acids is 1. The third-order valence-electron chi connectivity index (χ3n) is 6.37. The summed E-state index contributed by atoms with van der Waals surface area (Å²) in [6.07, 6.45) is 3.38. The second-order valence-corrected chi connectivity index (χ2v) is 9.02. The predicted octanol–water partition coefficient (Wildman–Crippen LogP) is 4.58. The number of fused-ring (bicyclic) bond motifs is 1. The normalized spacial score (nSPS) is 14.5. The average molecular weight is 474 g/mol. The number of amides is 1. The minimum absolute atomic E-state index is 0.0641. The van der Waals surface area contributed by atoms with E-state index in [1.807, 2.05) is 19.1 Å². The molecule has 2 aromatic heterocycles. The second kappa shape index (κ2) is 9.03. The number of benzene rings is 2. The summed E-state index contributed by atoms with van der Waals surface area (Å²) in [5, 5.41) is 0. The molecule has 5 rings (SSSR count). The van der Waals surface area contributed by atoms with Gasteiger partial charge < -0.3 is 16.4 Å². The molecule has 3 heterocycles. The first-order valence-corrected chi connectivity index (χ1v) is 11.5. The van der Waals surface area contributed by atoms with Crippen LogP contribution in [0.25, 0.3) is 33.4 Å². The van der Waals surface area contributed by atoms with Gasteiger partial charge in [0.1, 0.15) is 17.2 Å². The molecule has 6 nitrogen and oxygen atoms in total. The first kappa shape index (κ1) is 22.9. The molecule has 0 unspecified atom stereocenters. The zero-order valence-corrected chi connectivity index (χ0v) is 19.3. The fourth-order valence-electron chi connectivity index (χ4n) is 4.64. The van der Waals surface area contributed by atoms with E-state index in [-0.39, 0.29) is 17.4 Å². The summed E-state index contributed by atoms with van der Waals surface area (Å²) in [4.78, 5) is 23.3. The van der Waals surface area contributed by atoms with Crippen LogP contribution in [0.2, 0.25) is 0 Å². The zero-order valence-electron chi connectivity index (χ0n) is 19.3. The van der Waals surface area contributed by atoms with Crippen LogP contribution >= 0.6 is 0 Å². The van der Waals surface area contributed by atoms with Crippen LogP contribution in [0.1, 0.15) is 28.8 Å². The molecular formula is C27H25F2N5O. The van der Waals surface area contributed by atoms with E-state index in [2.05, 4.69) is 9.88 Å². The maximum Gasteiger partial charge on any atom is 0.248 e. The summed E-state index contributed by atoms with van der Waals surface area (Å²) < 4.78 is 28.6. The molecule has 1 aliphatic rings. The Bertz CT molecular complexity index is 1430. The highest BCUT2D eigenvalue weighted by Gasteiger charge is 2.23. The molecule has 1 amide bonds. The Kier molecular flexibility index (Phi) is 5.90. The van der Waals surface area contributed by atoms with E-state index in [1.54, 1.807) is 12.3 Å². The van der Waals surface area contributed by atoms with Gasteiger partial charge in [-0.15, -0.1) is 0 Å². The van der Waals surface area contributed by atoms with Gasteiger partial charge in [0.15, 0.2) is 0 Å². The topological polar surface area (TPSA) is 98.1 Å². The number of carbonyl (C=O) groups is 1. The van der Waals surface area contributed by atoms with Crippen LogP contribution in [-0.2, 0) is 0 Å². The lowest BCUT2D eigenvalue weighted by molar-refractivity contribution is 0.1000. The molecule has 1 aliphatic heterocycles. The highest BCUT2D eigenvalue weighted by Crippen LogP contribution is 2.38. The fraction of sp³-hybridized carbons (Fsp3) is 0.222. The van der Waals surface area contributed by atoms with Gasteiger partial charge in [-0.05, 0) is 73.4 Å². The number of piperidine rings is 1. The first-order valence-electron chi connectivity index (χ1n) is 11.5. The number of aryl methyl sites for hydroxylation is 1. The van der Waals surface area contributed by atoms with Crippen molar-refractivity contribution < 1.29 is 13.6 Å². The van der Waals surface area contributed by atoms with Crippen molar-refractivity contribution in [2.45, 2.75) is 25.8 Å². The van der Waals surface area contributed by atoms with Crippen molar-refractivity contribution in [3.63, 3.8) is 0 Å². The molecule has 0 aliphatic carbocycles. The molecule has 178 valence electrons. The summed E-state index contributed by atoms with van der Waals surface area (Å²) in [5.74, 6) is -1.62. The fourth-order valence-corrected chi connectivity index (χ4v) is 4.64. The third-order valence-corrected chi connectivity index (χ3v) is 6.37. The molecule has 4 aromatic rings. The third kappa shape index (κ3) is 4.57. The van der Waals surface area contributed by atoms with Crippen LogP contribution in [0, 0.1) is 18.6 Å². The Morgan fingerprint density at radius 1 is 1.00 bits per heavy atom. The minimum atomic E-state index is -0.720. The van der Waals surface area contributed by atoms with Gasteiger partial charge in [-0.2, -0.15) is 0 Å². The molecule has 0 spiro atoms. The number of rotatable bonds is 4. The molecular weight excluding hydrogens is 448 g/mol. The number of anilines is 1. The average Bonchev–Trinajstić information content (AvgIpc) is 2.82. The van der Waals surface area contributed by atoms with Crippen molar-refractivity contribution in [2.24, 2.45) is 11.5 Å². The molecule has 8 heteroatoms. The molecule has 0 saturated carbocycles. The molecule has 0 bridgehead atoms. The molecule has 1 saturated heterocycles. The van der Waals surface area contributed by atoms with Crippen LogP contribution < -0.4 is 16.4 Å². The number of hydrogen-bond acceptors (Lipinski definition) is 5. The van der Waals surface area contributed by atoms with Crippen LogP contribution in [-0.4, -0.2) is 35.0 Å². The van der Waals surface area contributed by atoms with Crippen LogP contribution in [0.15, 0.2) is 54.7 Å². The lowest BCUT2D eigenvalue weighted by Crippen LogP contribution is -2.40. The monoisotopic (exact) mass is 473 g/mol. The summed E-state index contributed by atoms with van der Waals surface area (Å²) in [6.45, 7) is 3.29. The van der Waals surface area contributed by atoms with Crippen molar-refractivity contribution in [2.75, 3.05) is 18.0 Å². The van der Waals surface area contributed by atoms with Gasteiger partial charge in [0.2, 0.25) is 5.91 Å². The lowest BCUT2D eigenvalue weighted by Gasteiger charge is -2.34. The van der Waals surface area contributed by atoms with E-state index in [4.69, 9.17) is 16.5 Å². The van der Waals surface area contributed by atoms with E-state index < -0.39 is 11.7 Å². The van der Waals surface area contributed by atoms with Crippen molar-refractivity contribution in [3.8, 4) is 22.4 Å². The molecule has 2 aromatic carbocycles. The lowest BCUT2D eigenvalue weighted by atomic mass is 9.98. The first-order chi connectivity index (χ1) is 16.8. The Labute approximate surface area is 201 Å². The molecule has 0 atom stereocenters. The number of hydrogen-bond donors (Lipinski definition) is 2. The highest BCUT2D eigenvalue weighted by atomic mass is 19.1. The second-order valence-electron chi connectivity index (χ2n) is 9.02. The van der Waals surface area contributed by atoms with Crippen molar-refractivity contribution in [1.29, 1.82) is 0 Å². The quantitative estimate of drug-likeness (QED) is 0.452. The minimum Gasteiger partial charge on any atom is -0.369 e. The Balaban J connectivity index is 1.74. The van der Waals surface area contributed by atoms with Gasteiger partial charge in [-0.25, -0.2) is 13.8 Å². The molecule has 35 heavy (non-hydrogen) atoms. The van der Waals surface area contributed by atoms with Crippen LogP contribution in [0.5, 0.6) is 0 Å². The van der Waals surface area contributed by atoms with Gasteiger partial charge in [0, 0.05) is 42.0 Å². The number of halogens is 2. The standard InChI is InChI=1S/C27H25F2N5O/c1-15-8-16(11-19(28)9-15)22-14-32-24-3-2-23(17-10-18(27(31)35)13-20(29)12-17)33-25(24)26(22)34-6-4-21(30)5-7-34/h2-3,8-14,21H,4-7,30H2,1H3,(H2,31,35). The predicted molar refractivity (Wildman–Crippen MR) is 133 cm³/mol. The molecule has 4 N–H and O–H groups in total. The SMILES string of the molecule is Cc1cc(F)cc(-c2cnc3ccc(-c4cc(F)cc(C(N)=O)c4)nc3c2N2CCC(N)CC2)c1. The van der Waals surface area contributed by atoms with E-state index in [9.17, 15) is 13.6 Å². The Hall–Kier alpha value is -3.91. The zero-order chi connectivity index (χ0) is 24.7. The van der Waals surface area contributed by atoms with E-state index in [0.717, 1.165) is 48.8 Å². The molecule has 1 fully saturated rings. The van der Waals surface area contributed by atoms with Crippen LogP contribution in [0.3, 0.4) is 0 Å². The number of pyridine rings is 2. The number of nitrogens with zero attached hydrogens (tertiary/aromatic N) is 3. The van der Waals surface area contributed by atoms with Crippen molar-refractivity contribution in [3.05, 3.63) is 77.5 Å². The van der Waals surface area contributed by atoms with Gasteiger partial charge in [-0.1, -0.05) is 6.07 Å². The Morgan fingerprint density at radius 2 is 1.71 bits per heavy atom. The maximum atomic E-state index is 14.3. The van der Waals surface area contributed by atoms with Gasteiger partial charge >= 0.3 is 0 Å². The number of aromatic nitrogens is 2. The van der Waals surface area contributed by atoms with Gasteiger partial charge in [-0.3, -0.25) is 9.78 Å². The number of nitrogens with two attached hydrogens (primary N) is 2. The largest absolute Gasteiger partial charge is 0.369 e. The smallest absolute Gasteiger partial charge is 0.248 e. The van der Waals surface area contributed by atoms with E-state index >= 15 is 0 Å². The van der Waals surface area contributed by atoms with Crippen molar-refractivity contribution >= 4 is 22.6 Å². The van der Waals surface area contributed by atoms with Gasteiger partial charge in [0.25, 0.3) is 0 Å².